The summed E-state index contributed by atoms with van der Waals surface area (Å²) in [6.45, 7) is 4.08. The molecule has 11 heavy (non-hydrogen) atoms. The van der Waals surface area contributed by atoms with Gasteiger partial charge < -0.3 is 4.74 Å². The monoisotopic (exact) mass is 154 g/mol. The molecule has 0 saturated heterocycles. The summed E-state index contributed by atoms with van der Waals surface area (Å²) in [5.41, 5.74) is 0.861. The number of esters is 1. The van der Waals surface area contributed by atoms with Crippen molar-refractivity contribution in [1.29, 1.82) is 0 Å². The molecule has 0 fully saturated rings. The standard InChI is InChI=1S/C9H14O2/c1-3-5-7-6-8(4-2)11-9(7)10/h6,8H,3-5H2,1-2H3. The van der Waals surface area contributed by atoms with Crippen LogP contribution in [-0.2, 0) is 9.53 Å². The molecular weight excluding hydrogens is 140 g/mol. The molecule has 1 unspecified atom stereocenters. The number of hydrogen-bond acceptors (Lipinski definition) is 2. The SMILES string of the molecule is CCCC1=CC(CC)OC1=O. The molecule has 0 aliphatic carbocycles. The van der Waals surface area contributed by atoms with Gasteiger partial charge in [-0.2, -0.15) is 0 Å². The largest absolute Gasteiger partial charge is 0.455 e. The van der Waals surface area contributed by atoms with E-state index < -0.39 is 0 Å². The highest BCUT2D eigenvalue weighted by molar-refractivity contribution is 5.90. The molecule has 1 aliphatic rings. The van der Waals surface area contributed by atoms with Crippen molar-refractivity contribution in [2.24, 2.45) is 0 Å². The van der Waals surface area contributed by atoms with Gasteiger partial charge in [0.05, 0.1) is 0 Å². The highest BCUT2D eigenvalue weighted by Gasteiger charge is 2.22. The second-order valence-corrected chi connectivity index (χ2v) is 2.79. The van der Waals surface area contributed by atoms with E-state index in [1.807, 2.05) is 13.0 Å². The summed E-state index contributed by atoms with van der Waals surface area (Å²) in [4.78, 5) is 11.0. The molecule has 1 atom stereocenters. The Labute approximate surface area is 67.2 Å². The highest BCUT2D eigenvalue weighted by Crippen LogP contribution is 2.19. The fourth-order valence-electron chi connectivity index (χ4n) is 1.20. The Kier molecular flexibility index (Phi) is 2.69. The van der Waals surface area contributed by atoms with E-state index in [-0.39, 0.29) is 12.1 Å². The zero-order valence-corrected chi connectivity index (χ0v) is 7.09. The first-order valence-corrected chi connectivity index (χ1v) is 4.19. The van der Waals surface area contributed by atoms with Crippen LogP contribution in [-0.4, -0.2) is 12.1 Å². The predicted molar refractivity (Wildman–Crippen MR) is 43.2 cm³/mol. The minimum Gasteiger partial charge on any atom is -0.455 e. The smallest absolute Gasteiger partial charge is 0.334 e. The van der Waals surface area contributed by atoms with Gasteiger partial charge in [0, 0.05) is 5.57 Å². The molecule has 1 aliphatic heterocycles. The minimum atomic E-state index is -0.112. The van der Waals surface area contributed by atoms with Crippen LogP contribution >= 0.6 is 0 Å². The molecule has 2 nitrogen and oxygen atoms in total. The summed E-state index contributed by atoms with van der Waals surface area (Å²) in [5.74, 6) is -0.112. The number of ether oxygens (including phenoxy) is 1. The van der Waals surface area contributed by atoms with Gasteiger partial charge in [0.2, 0.25) is 0 Å². The van der Waals surface area contributed by atoms with E-state index in [4.69, 9.17) is 4.74 Å². The zero-order chi connectivity index (χ0) is 8.27. The van der Waals surface area contributed by atoms with Crippen LogP contribution in [0.3, 0.4) is 0 Å². The van der Waals surface area contributed by atoms with Crippen molar-refractivity contribution in [3.05, 3.63) is 11.6 Å². The van der Waals surface area contributed by atoms with E-state index in [9.17, 15) is 4.79 Å². The van der Waals surface area contributed by atoms with Gasteiger partial charge in [-0.05, 0) is 18.9 Å². The van der Waals surface area contributed by atoms with E-state index >= 15 is 0 Å². The fourth-order valence-corrected chi connectivity index (χ4v) is 1.20. The zero-order valence-electron chi connectivity index (χ0n) is 7.09. The molecule has 0 aromatic rings. The van der Waals surface area contributed by atoms with Gasteiger partial charge >= 0.3 is 5.97 Å². The topological polar surface area (TPSA) is 26.3 Å². The molecule has 1 rings (SSSR count). The van der Waals surface area contributed by atoms with Crippen LogP contribution in [0, 0.1) is 0 Å². The van der Waals surface area contributed by atoms with Crippen LogP contribution < -0.4 is 0 Å². The third kappa shape index (κ3) is 1.82. The summed E-state index contributed by atoms with van der Waals surface area (Å²) >= 11 is 0. The molecule has 2 heteroatoms. The lowest BCUT2D eigenvalue weighted by molar-refractivity contribution is -0.139. The van der Waals surface area contributed by atoms with Crippen LogP contribution in [0.15, 0.2) is 11.6 Å². The van der Waals surface area contributed by atoms with Crippen molar-refractivity contribution in [2.75, 3.05) is 0 Å². The first-order chi connectivity index (χ1) is 5.27. The first-order valence-electron chi connectivity index (χ1n) is 4.19. The Morgan fingerprint density at radius 2 is 2.27 bits per heavy atom. The lowest BCUT2D eigenvalue weighted by Gasteiger charge is -2.01. The maximum absolute atomic E-state index is 11.0. The lowest BCUT2D eigenvalue weighted by atomic mass is 10.1. The van der Waals surface area contributed by atoms with Crippen molar-refractivity contribution >= 4 is 5.97 Å². The Bertz CT molecular complexity index is 182. The second kappa shape index (κ2) is 3.56. The van der Waals surface area contributed by atoms with Crippen LogP contribution in [0.5, 0.6) is 0 Å². The molecule has 0 N–H and O–H groups in total. The number of cyclic esters (lactones) is 1. The third-order valence-corrected chi connectivity index (χ3v) is 1.83. The second-order valence-electron chi connectivity index (χ2n) is 2.79. The lowest BCUT2D eigenvalue weighted by Crippen LogP contribution is -2.06. The van der Waals surface area contributed by atoms with Crippen molar-refractivity contribution in [2.45, 2.75) is 39.2 Å². The summed E-state index contributed by atoms with van der Waals surface area (Å²) in [6, 6.07) is 0. The van der Waals surface area contributed by atoms with Crippen LogP contribution in [0.25, 0.3) is 0 Å². The Hall–Kier alpha value is -0.790. The minimum absolute atomic E-state index is 0.0454. The van der Waals surface area contributed by atoms with E-state index in [1.165, 1.54) is 0 Å². The van der Waals surface area contributed by atoms with Gasteiger partial charge in [0.25, 0.3) is 0 Å². The molecular formula is C9H14O2. The number of rotatable bonds is 3. The first kappa shape index (κ1) is 8.31. The van der Waals surface area contributed by atoms with Crippen molar-refractivity contribution < 1.29 is 9.53 Å². The maximum Gasteiger partial charge on any atom is 0.334 e. The van der Waals surface area contributed by atoms with Crippen molar-refractivity contribution in [1.82, 2.24) is 0 Å². The van der Waals surface area contributed by atoms with E-state index in [1.54, 1.807) is 0 Å². The average Bonchev–Trinajstić information content (AvgIpc) is 2.33. The Balaban J connectivity index is 2.55. The van der Waals surface area contributed by atoms with Gasteiger partial charge in [-0.1, -0.05) is 20.3 Å². The molecule has 0 bridgehead atoms. The highest BCUT2D eigenvalue weighted by atomic mass is 16.5. The Morgan fingerprint density at radius 3 is 2.73 bits per heavy atom. The molecule has 0 spiro atoms. The fraction of sp³-hybridized carbons (Fsp3) is 0.667. The van der Waals surface area contributed by atoms with E-state index in [2.05, 4.69) is 6.92 Å². The summed E-state index contributed by atoms with van der Waals surface area (Å²) < 4.78 is 5.04. The van der Waals surface area contributed by atoms with Crippen molar-refractivity contribution in [3.8, 4) is 0 Å². The van der Waals surface area contributed by atoms with Crippen LogP contribution in [0.1, 0.15) is 33.1 Å². The number of hydrogen-bond donors (Lipinski definition) is 0. The molecule has 1 heterocycles. The molecule has 0 aromatic carbocycles. The summed E-state index contributed by atoms with van der Waals surface area (Å²) in [5, 5.41) is 0. The van der Waals surface area contributed by atoms with Crippen molar-refractivity contribution in [3.63, 3.8) is 0 Å². The Morgan fingerprint density at radius 1 is 1.55 bits per heavy atom. The van der Waals surface area contributed by atoms with Crippen LogP contribution in [0.4, 0.5) is 0 Å². The third-order valence-electron chi connectivity index (χ3n) is 1.83. The number of carbonyl (C=O) groups excluding carboxylic acids is 1. The molecule has 62 valence electrons. The maximum atomic E-state index is 11.0. The average molecular weight is 154 g/mol. The van der Waals surface area contributed by atoms with Crippen LogP contribution in [0.2, 0.25) is 0 Å². The molecule has 0 radical (unpaired) electrons. The number of carbonyl (C=O) groups is 1. The van der Waals surface area contributed by atoms with Gasteiger partial charge in [-0.15, -0.1) is 0 Å². The van der Waals surface area contributed by atoms with Gasteiger partial charge in [-0.3, -0.25) is 0 Å². The normalized spacial score (nSPS) is 23.3. The molecule has 0 amide bonds. The quantitative estimate of drug-likeness (QED) is 0.581. The molecule has 0 aromatic heterocycles. The molecule has 0 saturated carbocycles. The van der Waals surface area contributed by atoms with E-state index in [0.29, 0.717) is 0 Å². The van der Waals surface area contributed by atoms with Gasteiger partial charge in [0.1, 0.15) is 6.10 Å². The van der Waals surface area contributed by atoms with E-state index in [0.717, 1.165) is 24.8 Å². The summed E-state index contributed by atoms with van der Waals surface area (Å²) in [7, 11) is 0. The van der Waals surface area contributed by atoms with Gasteiger partial charge in [-0.25, -0.2) is 4.79 Å². The van der Waals surface area contributed by atoms with Gasteiger partial charge in [0.15, 0.2) is 0 Å². The predicted octanol–water partition coefficient (Wildman–Crippen LogP) is 2.05. The summed E-state index contributed by atoms with van der Waals surface area (Å²) in [6.07, 6.45) is 4.75.